The summed E-state index contributed by atoms with van der Waals surface area (Å²) in [6, 6.07) is 13.9. The number of rotatable bonds is 3. The van der Waals surface area contributed by atoms with E-state index in [1.165, 1.54) is 0 Å². The number of aromatic nitrogens is 2. The Bertz CT molecular complexity index is 700. The van der Waals surface area contributed by atoms with E-state index in [4.69, 9.17) is 10.3 Å². The molecule has 1 unspecified atom stereocenters. The maximum atomic E-state index is 6.27. The van der Waals surface area contributed by atoms with E-state index in [0.717, 1.165) is 22.8 Å². The Kier molecular flexibility index (Phi) is 3.01. The van der Waals surface area contributed by atoms with Gasteiger partial charge in [0.1, 0.15) is 0 Å². The number of aryl methyl sites for hydroxylation is 1. The highest BCUT2D eigenvalue weighted by atomic mass is 16.5. The van der Waals surface area contributed by atoms with Crippen LogP contribution in [-0.4, -0.2) is 10.1 Å². The van der Waals surface area contributed by atoms with E-state index in [9.17, 15) is 0 Å². The molecule has 0 aliphatic carbocycles. The highest BCUT2D eigenvalue weighted by Crippen LogP contribution is 2.25. The largest absolute Gasteiger partial charge is 0.339 e. The maximum Gasteiger partial charge on any atom is 0.226 e. The van der Waals surface area contributed by atoms with E-state index < -0.39 is 0 Å². The molecule has 0 radical (unpaired) electrons. The van der Waals surface area contributed by atoms with Gasteiger partial charge in [-0.3, -0.25) is 0 Å². The van der Waals surface area contributed by atoms with Crippen LogP contribution in [0.25, 0.3) is 10.8 Å². The molecule has 0 amide bonds. The number of nitrogens with two attached hydrogens (primary N) is 1. The zero-order valence-corrected chi connectivity index (χ0v) is 10.7. The SMILES string of the molecule is CCc1nc(C(N)c2cccc3ccccc23)no1. The summed E-state index contributed by atoms with van der Waals surface area (Å²) in [5, 5.41) is 6.25. The van der Waals surface area contributed by atoms with Crippen LogP contribution in [0.3, 0.4) is 0 Å². The molecular formula is C15H15N3O. The molecule has 0 aliphatic rings. The molecule has 2 N–H and O–H groups in total. The summed E-state index contributed by atoms with van der Waals surface area (Å²) in [7, 11) is 0. The quantitative estimate of drug-likeness (QED) is 0.779. The van der Waals surface area contributed by atoms with E-state index in [2.05, 4.69) is 28.3 Å². The Labute approximate surface area is 111 Å². The van der Waals surface area contributed by atoms with Crippen LogP contribution in [0.15, 0.2) is 47.0 Å². The van der Waals surface area contributed by atoms with E-state index in [-0.39, 0.29) is 6.04 Å². The normalized spacial score (nSPS) is 12.7. The summed E-state index contributed by atoms with van der Waals surface area (Å²) in [4.78, 5) is 4.31. The minimum atomic E-state index is -0.366. The van der Waals surface area contributed by atoms with E-state index >= 15 is 0 Å². The summed E-state index contributed by atoms with van der Waals surface area (Å²) >= 11 is 0. The Morgan fingerprint density at radius 2 is 1.95 bits per heavy atom. The van der Waals surface area contributed by atoms with Gasteiger partial charge in [-0.25, -0.2) is 0 Å². The Morgan fingerprint density at radius 1 is 1.16 bits per heavy atom. The van der Waals surface area contributed by atoms with E-state index in [1.807, 2.05) is 31.2 Å². The van der Waals surface area contributed by atoms with Gasteiger partial charge in [-0.05, 0) is 16.3 Å². The third-order valence-electron chi connectivity index (χ3n) is 3.22. The van der Waals surface area contributed by atoms with Crippen molar-refractivity contribution in [1.82, 2.24) is 10.1 Å². The lowest BCUT2D eigenvalue weighted by atomic mass is 9.99. The topological polar surface area (TPSA) is 64.9 Å². The summed E-state index contributed by atoms with van der Waals surface area (Å²) in [6.45, 7) is 1.97. The molecule has 4 heteroatoms. The number of benzene rings is 2. The average Bonchev–Trinajstić information content (AvgIpc) is 2.95. The summed E-state index contributed by atoms with van der Waals surface area (Å²) in [6.07, 6.45) is 0.718. The number of hydrogen-bond donors (Lipinski definition) is 1. The zero-order valence-electron chi connectivity index (χ0n) is 10.7. The lowest BCUT2D eigenvalue weighted by Gasteiger charge is -2.11. The van der Waals surface area contributed by atoms with Gasteiger partial charge in [-0.1, -0.05) is 54.5 Å². The van der Waals surface area contributed by atoms with Crippen LogP contribution in [0.1, 0.15) is 30.2 Å². The Morgan fingerprint density at radius 3 is 2.74 bits per heavy atom. The van der Waals surface area contributed by atoms with Crippen molar-refractivity contribution in [2.75, 3.05) is 0 Å². The molecule has 0 spiro atoms. The van der Waals surface area contributed by atoms with Crippen molar-refractivity contribution in [3.05, 3.63) is 59.7 Å². The molecule has 2 aromatic carbocycles. The third-order valence-corrected chi connectivity index (χ3v) is 3.22. The van der Waals surface area contributed by atoms with Crippen molar-refractivity contribution in [1.29, 1.82) is 0 Å². The third kappa shape index (κ3) is 2.11. The first-order valence-corrected chi connectivity index (χ1v) is 6.35. The van der Waals surface area contributed by atoms with Crippen LogP contribution in [0.4, 0.5) is 0 Å². The molecule has 4 nitrogen and oxygen atoms in total. The van der Waals surface area contributed by atoms with Gasteiger partial charge < -0.3 is 10.3 Å². The minimum Gasteiger partial charge on any atom is -0.339 e. The second kappa shape index (κ2) is 4.82. The van der Waals surface area contributed by atoms with Gasteiger partial charge in [-0.2, -0.15) is 4.98 Å². The fourth-order valence-electron chi connectivity index (χ4n) is 2.20. The Balaban J connectivity index is 2.08. The lowest BCUT2D eigenvalue weighted by Crippen LogP contribution is -2.14. The summed E-state index contributed by atoms with van der Waals surface area (Å²) in [5.74, 6) is 1.15. The molecule has 1 heterocycles. The van der Waals surface area contributed by atoms with Crippen molar-refractivity contribution in [2.45, 2.75) is 19.4 Å². The highest BCUT2D eigenvalue weighted by Gasteiger charge is 2.17. The molecular weight excluding hydrogens is 238 g/mol. The number of hydrogen-bond acceptors (Lipinski definition) is 4. The second-order valence-electron chi connectivity index (χ2n) is 4.45. The molecule has 3 aromatic rings. The zero-order chi connectivity index (χ0) is 13.2. The molecule has 0 aliphatic heterocycles. The molecule has 1 aromatic heterocycles. The molecule has 0 saturated carbocycles. The van der Waals surface area contributed by atoms with Crippen LogP contribution in [0.2, 0.25) is 0 Å². The van der Waals surface area contributed by atoms with Crippen LogP contribution in [0.5, 0.6) is 0 Å². The Hall–Kier alpha value is -2.20. The van der Waals surface area contributed by atoms with Gasteiger partial charge in [-0.15, -0.1) is 0 Å². The molecule has 0 bridgehead atoms. The fraction of sp³-hybridized carbons (Fsp3) is 0.200. The van der Waals surface area contributed by atoms with Gasteiger partial charge in [0.25, 0.3) is 0 Å². The first-order valence-electron chi connectivity index (χ1n) is 6.35. The van der Waals surface area contributed by atoms with Gasteiger partial charge in [0.05, 0.1) is 6.04 Å². The summed E-state index contributed by atoms with van der Waals surface area (Å²) < 4.78 is 5.13. The van der Waals surface area contributed by atoms with Gasteiger partial charge in [0, 0.05) is 6.42 Å². The lowest BCUT2D eigenvalue weighted by molar-refractivity contribution is 0.375. The van der Waals surface area contributed by atoms with Crippen molar-refractivity contribution in [2.24, 2.45) is 5.73 Å². The number of nitrogens with zero attached hydrogens (tertiary/aromatic N) is 2. The number of fused-ring (bicyclic) bond motifs is 1. The standard InChI is InChI=1S/C15H15N3O/c1-2-13-17-15(18-19-13)14(16)12-9-5-7-10-6-3-4-8-11(10)12/h3-9,14H,2,16H2,1H3. The minimum absolute atomic E-state index is 0.366. The van der Waals surface area contributed by atoms with Gasteiger partial charge in [0.2, 0.25) is 5.89 Å². The predicted octanol–water partition coefficient (Wildman–Crippen LogP) is 2.83. The molecule has 0 saturated heterocycles. The average molecular weight is 253 g/mol. The summed E-state index contributed by atoms with van der Waals surface area (Å²) in [5.41, 5.74) is 7.28. The maximum absolute atomic E-state index is 6.27. The molecule has 96 valence electrons. The molecule has 1 atom stereocenters. The van der Waals surface area contributed by atoms with E-state index in [1.54, 1.807) is 0 Å². The van der Waals surface area contributed by atoms with E-state index in [0.29, 0.717) is 11.7 Å². The monoisotopic (exact) mass is 253 g/mol. The predicted molar refractivity (Wildman–Crippen MR) is 73.7 cm³/mol. The van der Waals surface area contributed by atoms with Crippen LogP contribution < -0.4 is 5.73 Å². The van der Waals surface area contributed by atoms with Crippen LogP contribution in [-0.2, 0) is 6.42 Å². The first kappa shape index (κ1) is 11.9. The second-order valence-corrected chi connectivity index (χ2v) is 4.45. The molecule has 19 heavy (non-hydrogen) atoms. The van der Waals surface area contributed by atoms with Gasteiger partial charge in [0.15, 0.2) is 5.82 Å². The van der Waals surface area contributed by atoms with Crippen molar-refractivity contribution in [3.63, 3.8) is 0 Å². The smallest absolute Gasteiger partial charge is 0.226 e. The first-order chi connectivity index (χ1) is 9.29. The highest BCUT2D eigenvalue weighted by molar-refractivity contribution is 5.86. The fourth-order valence-corrected chi connectivity index (χ4v) is 2.20. The van der Waals surface area contributed by atoms with Crippen molar-refractivity contribution in [3.8, 4) is 0 Å². The van der Waals surface area contributed by atoms with Crippen molar-refractivity contribution < 1.29 is 4.52 Å². The van der Waals surface area contributed by atoms with Crippen LogP contribution >= 0.6 is 0 Å². The van der Waals surface area contributed by atoms with Crippen molar-refractivity contribution >= 4 is 10.8 Å². The molecule has 3 rings (SSSR count). The molecule has 0 fully saturated rings. The van der Waals surface area contributed by atoms with Gasteiger partial charge >= 0.3 is 0 Å². The van der Waals surface area contributed by atoms with Crippen LogP contribution in [0, 0.1) is 0 Å².